The van der Waals surface area contributed by atoms with Gasteiger partial charge in [0.2, 0.25) is 0 Å². The Labute approximate surface area is 396 Å². The van der Waals surface area contributed by atoms with Gasteiger partial charge in [-0.2, -0.15) is 0 Å². The number of hydrogen-bond donors (Lipinski definition) is 8. The Bertz CT molecular complexity index is 1980. The van der Waals surface area contributed by atoms with Crippen molar-refractivity contribution in [3.05, 3.63) is 12.2 Å². The van der Waals surface area contributed by atoms with E-state index in [1.54, 1.807) is 0 Å². The number of allylic oxidation sites excluding steroid dienone is 1. The van der Waals surface area contributed by atoms with E-state index in [9.17, 15) is 50.4 Å². The zero-order chi connectivity index (χ0) is 49.0. The SMILES string of the molecule is C=C1CC[C@@]23CC[C@]4(C)[C@@](OC2=O)([C@@H]3C1)[C@H]1O[C@H]1[C@@H]1[C@@]2(C)CC[C@H](O[C@@H]3O[C@H](COC(C)=O)[C@@H](O)[C@H](O[C@@H]5O[C@H](CO)[C@@H](O)[C@H](O)[C@H]5O)[C@H]3O[C@@H]3O[C@@H](C)[C@H](O)[C@@H](O)[C@H]3O)C(C)(C)[C@@H]2CC[C@]14C. The summed E-state index contributed by atoms with van der Waals surface area (Å²) in [6.45, 7) is 17.3. The maximum atomic E-state index is 14.1. The van der Waals surface area contributed by atoms with Crippen LogP contribution in [0.1, 0.15) is 106 Å². The molecule has 0 aromatic heterocycles. The van der Waals surface area contributed by atoms with E-state index in [4.69, 9.17) is 42.6 Å². The lowest BCUT2D eigenvalue weighted by molar-refractivity contribution is -0.398. The molecule has 10 rings (SSSR count). The molecule has 19 nitrogen and oxygen atoms in total. The summed E-state index contributed by atoms with van der Waals surface area (Å²) in [4.78, 5) is 26.3. The Balaban J connectivity index is 0.967. The van der Waals surface area contributed by atoms with Crippen LogP contribution in [0.3, 0.4) is 0 Å². The van der Waals surface area contributed by atoms with Crippen molar-refractivity contribution in [3.63, 3.8) is 0 Å². The predicted molar refractivity (Wildman–Crippen MR) is 231 cm³/mol. The second kappa shape index (κ2) is 16.8. The molecular formula is C49H74O19. The molecule has 0 amide bonds. The second-order valence-corrected chi connectivity index (χ2v) is 23.6. The first kappa shape index (κ1) is 49.6. The lowest BCUT2D eigenvalue weighted by Gasteiger charge is -2.72. The fraction of sp³-hybridized carbons (Fsp3) is 0.918. The van der Waals surface area contributed by atoms with Crippen LogP contribution < -0.4 is 0 Å². The minimum Gasteiger partial charge on any atom is -0.463 e. The molecule has 2 bridgehead atoms. The number of carbonyl (C=O) groups is 2. The van der Waals surface area contributed by atoms with E-state index in [-0.39, 0.29) is 52.2 Å². The minimum absolute atomic E-state index is 0.0282. The quantitative estimate of drug-likeness (QED) is 0.0676. The molecule has 68 heavy (non-hydrogen) atoms. The van der Waals surface area contributed by atoms with Gasteiger partial charge in [-0.05, 0) is 92.8 Å². The number of epoxide rings is 1. The van der Waals surface area contributed by atoms with Crippen molar-refractivity contribution in [1.82, 2.24) is 0 Å². The topological polar surface area (TPSA) is 282 Å². The van der Waals surface area contributed by atoms with Gasteiger partial charge in [-0.1, -0.05) is 46.8 Å². The summed E-state index contributed by atoms with van der Waals surface area (Å²) >= 11 is 0. The third-order valence-corrected chi connectivity index (χ3v) is 20.2. The molecule has 5 aliphatic carbocycles. The minimum atomic E-state index is -1.90. The summed E-state index contributed by atoms with van der Waals surface area (Å²) < 4.78 is 56.9. The number of fused-ring (bicyclic) bond motifs is 6. The van der Waals surface area contributed by atoms with E-state index in [1.165, 1.54) is 19.4 Å². The fourth-order valence-electron chi connectivity index (χ4n) is 16.4. The highest BCUT2D eigenvalue weighted by Gasteiger charge is 2.89. The van der Waals surface area contributed by atoms with Gasteiger partial charge in [-0.3, -0.25) is 9.59 Å². The summed E-state index contributed by atoms with van der Waals surface area (Å²) in [7, 11) is 0. The monoisotopic (exact) mass is 966 g/mol. The zero-order valence-electron chi connectivity index (χ0n) is 40.2. The summed E-state index contributed by atoms with van der Waals surface area (Å²) in [5, 5.41) is 86.9. The Morgan fingerprint density at radius 3 is 2.07 bits per heavy atom. The van der Waals surface area contributed by atoms with Gasteiger partial charge in [0.1, 0.15) is 79.9 Å². The van der Waals surface area contributed by atoms with Gasteiger partial charge in [0, 0.05) is 18.3 Å². The normalized spacial score (nSPS) is 56.8. The number of carbonyl (C=O) groups excluding carboxylic acids is 2. The van der Waals surface area contributed by atoms with Crippen molar-refractivity contribution in [1.29, 1.82) is 0 Å². The van der Waals surface area contributed by atoms with Crippen molar-refractivity contribution in [3.8, 4) is 0 Å². The standard InChI is InChI=1S/C49H74O19/c1-20-9-14-48-16-15-47(8)46(7)13-10-25-44(4,5)27(11-12-45(25,6)38(46)37-39(65-37)49(47,26(48)17-20)68-43(48)59)64-42-36(67-40-33(57)31(55)28(52)21(2)61-40)35(30(54)24(63-42)19-60-22(3)51)66-41-34(58)32(56)29(53)23(18-50)62-41/h21,23-42,50,52-58H,1,9-19H2,2-8H3/t21-,23+,24+,25-,26+,27-,28-,29+,30+,31+,32-,33+,34+,35-,36+,37-,38+,39-,40-,41-,42-,45-,46+,47-,48-,49+/m0/s1. The van der Waals surface area contributed by atoms with E-state index < -0.39 is 134 Å². The molecule has 0 aromatic carbocycles. The van der Waals surface area contributed by atoms with Gasteiger partial charge in [-0.15, -0.1) is 0 Å². The van der Waals surface area contributed by atoms with E-state index >= 15 is 0 Å². The summed E-state index contributed by atoms with van der Waals surface area (Å²) in [6.07, 6.45) is -18.0. The molecule has 0 aromatic rings. The molecule has 8 N–H and O–H groups in total. The number of rotatable bonds is 9. The Morgan fingerprint density at radius 1 is 0.721 bits per heavy atom. The Kier molecular flexibility index (Phi) is 12.3. The molecule has 0 radical (unpaired) electrons. The number of esters is 2. The highest BCUT2D eigenvalue weighted by Crippen LogP contribution is 2.83. The van der Waals surface area contributed by atoms with Gasteiger partial charge < -0.3 is 83.5 Å². The van der Waals surface area contributed by atoms with E-state index in [0.717, 1.165) is 51.4 Å². The molecule has 10 fully saturated rings. The first-order valence-electron chi connectivity index (χ1n) is 24.9. The average Bonchev–Trinajstić information content (AvgIpc) is 4.05. The second-order valence-electron chi connectivity index (χ2n) is 23.6. The van der Waals surface area contributed by atoms with Crippen LogP contribution in [0.5, 0.6) is 0 Å². The lowest BCUT2D eigenvalue weighted by Crippen LogP contribution is -2.74. The Hall–Kier alpha value is -1.92. The number of ether oxygens (including phenoxy) is 9. The van der Waals surface area contributed by atoms with E-state index in [0.29, 0.717) is 6.42 Å². The maximum absolute atomic E-state index is 14.1. The molecule has 10 aliphatic rings. The van der Waals surface area contributed by atoms with Crippen molar-refractivity contribution in [2.24, 2.45) is 44.8 Å². The Morgan fingerprint density at radius 2 is 1.38 bits per heavy atom. The van der Waals surface area contributed by atoms with Crippen LogP contribution >= 0.6 is 0 Å². The van der Waals surface area contributed by atoms with Crippen LogP contribution in [-0.2, 0) is 52.2 Å². The molecule has 5 saturated carbocycles. The molecular weight excluding hydrogens is 893 g/mol. The largest absolute Gasteiger partial charge is 0.463 e. The van der Waals surface area contributed by atoms with Crippen molar-refractivity contribution in [2.75, 3.05) is 13.2 Å². The van der Waals surface area contributed by atoms with Crippen LogP contribution in [0, 0.1) is 44.8 Å². The van der Waals surface area contributed by atoms with Crippen LogP contribution in [0.15, 0.2) is 12.2 Å². The third-order valence-electron chi connectivity index (χ3n) is 20.2. The smallest absolute Gasteiger partial charge is 0.313 e. The van der Waals surface area contributed by atoms with E-state index in [2.05, 4.69) is 41.2 Å². The molecule has 1 spiro atoms. The summed E-state index contributed by atoms with van der Waals surface area (Å²) in [5.41, 5.74) is -1.47. The fourth-order valence-corrected chi connectivity index (χ4v) is 16.4. The third kappa shape index (κ3) is 6.84. The summed E-state index contributed by atoms with van der Waals surface area (Å²) in [6, 6.07) is 0. The van der Waals surface area contributed by atoms with Gasteiger partial charge in [0.25, 0.3) is 0 Å². The molecule has 26 atom stereocenters. The highest BCUT2D eigenvalue weighted by atomic mass is 16.8. The van der Waals surface area contributed by atoms with Crippen LogP contribution in [-0.4, -0.2) is 182 Å². The number of hydrogen-bond acceptors (Lipinski definition) is 19. The average molecular weight is 967 g/mol. The van der Waals surface area contributed by atoms with Crippen LogP contribution in [0.4, 0.5) is 0 Å². The van der Waals surface area contributed by atoms with Crippen molar-refractivity contribution >= 4 is 11.9 Å². The molecule has 5 heterocycles. The molecule has 0 unspecified atom stereocenters. The van der Waals surface area contributed by atoms with E-state index in [1.807, 2.05) is 0 Å². The first-order chi connectivity index (χ1) is 31.9. The van der Waals surface area contributed by atoms with Crippen LogP contribution in [0.25, 0.3) is 0 Å². The molecule has 384 valence electrons. The van der Waals surface area contributed by atoms with Crippen molar-refractivity contribution < 1.29 is 93.1 Å². The van der Waals surface area contributed by atoms with Gasteiger partial charge in [0.05, 0.1) is 30.3 Å². The highest BCUT2D eigenvalue weighted by molar-refractivity contribution is 5.82. The van der Waals surface area contributed by atoms with Crippen molar-refractivity contribution in [2.45, 2.75) is 222 Å². The van der Waals surface area contributed by atoms with Gasteiger partial charge >= 0.3 is 11.9 Å². The van der Waals surface area contributed by atoms with Gasteiger partial charge in [-0.25, -0.2) is 0 Å². The molecule has 19 heteroatoms. The predicted octanol–water partition coefficient (Wildman–Crippen LogP) is 0.497. The zero-order valence-corrected chi connectivity index (χ0v) is 40.2. The molecule has 5 saturated heterocycles. The summed E-state index contributed by atoms with van der Waals surface area (Å²) in [5.74, 6) is -0.501. The molecule has 5 aliphatic heterocycles. The number of aliphatic hydroxyl groups is 8. The van der Waals surface area contributed by atoms with Crippen LogP contribution in [0.2, 0.25) is 0 Å². The van der Waals surface area contributed by atoms with Gasteiger partial charge in [0.15, 0.2) is 24.5 Å². The lowest BCUT2D eigenvalue weighted by atomic mass is 9.31. The number of aliphatic hydroxyl groups excluding tert-OH is 8. The first-order valence-corrected chi connectivity index (χ1v) is 24.9. The maximum Gasteiger partial charge on any atom is 0.313 e.